The normalized spacial score (nSPS) is 39.9. The van der Waals surface area contributed by atoms with Crippen LogP contribution in [0.5, 0.6) is 0 Å². The third kappa shape index (κ3) is 2.22. The predicted molar refractivity (Wildman–Crippen MR) is 50.8 cm³/mol. The van der Waals surface area contributed by atoms with Crippen molar-refractivity contribution in [2.45, 2.75) is 43.9 Å². The molecule has 0 aromatic heterocycles. The summed E-state index contributed by atoms with van der Waals surface area (Å²) in [6.45, 7) is 1.68. The first-order valence-corrected chi connectivity index (χ1v) is 5.30. The molecule has 13 heavy (non-hydrogen) atoms. The lowest BCUT2D eigenvalue weighted by Crippen LogP contribution is -2.37. The van der Waals surface area contributed by atoms with Crippen molar-refractivity contribution >= 4 is 0 Å². The second-order valence-electron chi connectivity index (χ2n) is 3.99. The van der Waals surface area contributed by atoms with E-state index in [-0.39, 0.29) is 0 Å². The van der Waals surface area contributed by atoms with Crippen molar-refractivity contribution in [3.05, 3.63) is 0 Å². The van der Waals surface area contributed by atoms with Gasteiger partial charge in [-0.1, -0.05) is 0 Å². The van der Waals surface area contributed by atoms with E-state index in [1.807, 2.05) is 7.05 Å². The zero-order valence-electron chi connectivity index (χ0n) is 8.29. The van der Waals surface area contributed by atoms with Crippen LogP contribution in [-0.2, 0) is 9.47 Å². The molecule has 1 N–H and O–H groups in total. The van der Waals surface area contributed by atoms with Gasteiger partial charge in [0.05, 0.1) is 18.8 Å². The number of hydrogen-bond acceptors (Lipinski definition) is 3. The Hall–Kier alpha value is -0.120. The molecule has 3 nitrogen and oxygen atoms in total. The van der Waals surface area contributed by atoms with Crippen molar-refractivity contribution in [2.75, 3.05) is 20.3 Å². The average molecular weight is 185 g/mol. The number of nitrogens with one attached hydrogen (secondary N) is 1. The monoisotopic (exact) mass is 185 g/mol. The fourth-order valence-electron chi connectivity index (χ4n) is 2.29. The van der Waals surface area contributed by atoms with Crippen LogP contribution in [-0.4, -0.2) is 38.5 Å². The van der Waals surface area contributed by atoms with Crippen molar-refractivity contribution in [1.29, 1.82) is 0 Å². The molecule has 0 aromatic rings. The van der Waals surface area contributed by atoms with Gasteiger partial charge in [0.15, 0.2) is 0 Å². The molecule has 2 rings (SSSR count). The molecule has 2 fully saturated rings. The molecule has 3 heteroatoms. The molecule has 1 aliphatic carbocycles. The highest BCUT2D eigenvalue weighted by Crippen LogP contribution is 2.24. The Labute approximate surface area is 79.8 Å². The number of ether oxygens (including phenoxy) is 2. The van der Waals surface area contributed by atoms with E-state index in [2.05, 4.69) is 5.32 Å². The quantitative estimate of drug-likeness (QED) is 0.709. The lowest BCUT2D eigenvalue weighted by molar-refractivity contribution is -0.0229. The first kappa shape index (κ1) is 9.44. The molecular formula is C10H19NO2. The summed E-state index contributed by atoms with van der Waals surface area (Å²) in [4.78, 5) is 0. The minimum atomic E-state index is 0.360. The van der Waals surface area contributed by atoms with Crippen LogP contribution in [0.15, 0.2) is 0 Å². The molecular weight excluding hydrogens is 166 g/mol. The molecule has 0 spiro atoms. The predicted octanol–water partition coefficient (Wildman–Crippen LogP) is 0.932. The molecule has 2 aliphatic rings. The van der Waals surface area contributed by atoms with Crippen LogP contribution in [0.25, 0.3) is 0 Å². The maximum absolute atomic E-state index is 5.99. The lowest BCUT2D eigenvalue weighted by Gasteiger charge is -2.22. The fraction of sp³-hybridized carbons (Fsp3) is 1.00. The summed E-state index contributed by atoms with van der Waals surface area (Å²) < 4.78 is 11.3. The Balaban J connectivity index is 1.79. The summed E-state index contributed by atoms with van der Waals surface area (Å²) in [5, 5.41) is 3.32. The molecule has 0 radical (unpaired) electrons. The van der Waals surface area contributed by atoms with Crippen LogP contribution < -0.4 is 5.32 Å². The molecule has 0 amide bonds. The maximum Gasteiger partial charge on any atom is 0.0834 e. The zero-order chi connectivity index (χ0) is 9.10. The van der Waals surface area contributed by atoms with Gasteiger partial charge in [0.25, 0.3) is 0 Å². The largest absolute Gasteiger partial charge is 0.379 e. The van der Waals surface area contributed by atoms with Crippen molar-refractivity contribution in [1.82, 2.24) is 5.32 Å². The summed E-state index contributed by atoms with van der Waals surface area (Å²) in [5.74, 6) is 0. The highest BCUT2D eigenvalue weighted by molar-refractivity contribution is 4.84. The van der Waals surface area contributed by atoms with E-state index in [1.54, 1.807) is 0 Å². The Morgan fingerprint density at radius 1 is 1.31 bits per heavy atom. The Morgan fingerprint density at radius 2 is 2.23 bits per heavy atom. The highest BCUT2D eigenvalue weighted by atomic mass is 16.6. The second-order valence-corrected chi connectivity index (χ2v) is 3.99. The van der Waals surface area contributed by atoms with Crippen LogP contribution in [0, 0.1) is 0 Å². The maximum atomic E-state index is 5.99. The fourth-order valence-corrected chi connectivity index (χ4v) is 2.29. The van der Waals surface area contributed by atoms with Crippen molar-refractivity contribution < 1.29 is 9.47 Å². The van der Waals surface area contributed by atoms with Gasteiger partial charge in [0, 0.05) is 12.6 Å². The SMILES string of the molecule is CNC1CCCC1OC1CCOC1. The first-order chi connectivity index (χ1) is 6.40. The van der Waals surface area contributed by atoms with Gasteiger partial charge in [0.1, 0.15) is 0 Å². The molecule has 76 valence electrons. The first-order valence-electron chi connectivity index (χ1n) is 5.30. The minimum Gasteiger partial charge on any atom is -0.379 e. The van der Waals surface area contributed by atoms with E-state index in [4.69, 9.17) is 9.47 Å². The molecule has 0 aromatic carbocycles. The van der Waals surface area contributed by atoms with E-state index in [0.717, 1.165) is 19.6 Å². The van der Waals surface area contributed by atoms with Gasteiger partial charge in [-0.2, -0.15) is 0 Å². The van der Waals surface area contributed by atoms with Crippen LogP contribution in [0.3, 0.4) is 0 Å². The van der Waals surface area contributed by atoms with E-state index in [9.17, 15) is 0 Å². The average Bonchev–Trinajstić information content (AvgIpc) is 2.76. The van der Waals surface area contributed by atoms with Gasteiger partial charge < -0.3 is 14.8 Å². The van der Waals surface area contributed by atoms with E-state index < -0.39 is 0 Å². The number of rotatable bonds is 3. The molecule has 1 saturated heterocycles. The molecule has 1 heterocycles. The smallest absolute Gasteiger partial charge is 0.0834 e. The van der Waals surface area contributed by atoms with Crippen LogP contribution in [0.1, 0.15) is 25.7 Å². The number of likely N-dealkylation sites (N-methyl/N-ethyl adjacent to an activating group) is 1. The van der Waals surface area contributed by atoms with E-state index in [0.29, 0.717) is 18.2 Å². The molecule has 3 atom stereocenters. The zero-order valence-corrected chi connectivity index (χ0v) is 8.29. The summed E-state index contributed by atoms with van der Waals surface area (Å²) in [7, 11) is 2.03. The van der Waals surface area contributed by atoms with Crippen LogP contribution in [0.2, 0.25) is 0 Å². The van der Waals surface area contributed by atoms with Crippen molar-refractivity contribution in [3.63, 3.8) is 0 Å². The third-order valence-electron chi connectivity index (χ3n) is 3.08. The summed E-state index contributed by atoms with van der Waals surface area (Å²) in [6, 6.07) is 0.570. The Bertz CT molecular complexity index is 157. The van der Waals surface area contributed by atoms with Gasteiger partial charge in [-0.15, -0.1) is 0 Å². The lowest BCUT2D eigenvalue weighted by atomic mass is 10.2. The summed E-state index contributed by atoms with van der Waals surface area (Å²) in [5.41, 5.74) is 0. The highest BCUT2D eigenvalue weighted by Gasteiger charge is 2.30. The van der Waals surface area contributed by atoms with Gasteiger partial charge in [0.2, 0.25) is 0 Å². The third-order valence-corrected chi connectivity index (χ3v) is 3.08. The van der Waals surface area contributed by atoms with Crippen LogP contribution >= 0.6 is 0 Å². The van der Waals surface area contributed by atoms with Gasteiger partial charge in [-0.3, -0.25) is 0 Å². The summed E-state index contributed by atoms with van der Waals surface area (Å²) in [6.07, 6.45) is 5.63. The molecule has 1 saturated carbocycles. The van der Waals surface area contributed by atoms with Gasteiger partial charge in [-0.25, -0.2) is 0 Å². The second kappa shape index (κ2) is 4.40. The van der Waals surface area contributed by atoms with E-state index >= 15 is 0 Å². The molecule has 0 bridgehead atoms. The standard InChI is InChI=1S/C10H19NO2/c1-11-9-3-2-4-10(9)13-8-5-6-12-7-8/h8-11H,2-7H2,1H3. The summed E-state index contributed by atoms with van der Waals surface area (Å²) >= 11 is 0. The van der Waals surface area contributed by atoms with E-state index in [1.165, 1.54) is 19.3 Å². The van der Waals surface area contributed by atoms with Crippen LogP contribution in [0.4, 0.5) is 0 Å². The number of hydrogen-bond donors (Lipinski definition) is 1. The molecule has 3 unspecified atom stereocenters. The Kier molecular flexibility index (Phi) is 3.19. The Morgan fingerprint density at radius 3 is 2.92 bits per heavy atom. The van der Waals surface area contributed by atoms with Crippen molar-refractivity contribution in [3.8, 4) is 0 Å². The topological polar surface area (TPSA) is 30.5 Å². The van der Waals surface area contributed by atoms with Crippen molar-refractivity contribution in [2.24, 2.45) is 0 Å². The van der Waals surface area contributed by atoms with Gasteiger partial charge >= 0.3 is 0 Å². The minimum absolute atomic E-state index is 0.360. The molecule has 1 aliphatic heterocycles. The van der Waals surface area contributed by atoms with Gasteiger partial charge in [-0.05, 0) is 32.7 Å².